The summed E-state index contributed by atoms with van der Waals surface area (Å²) in [7, 11) is 0. The van der Waals surface area contributed by atoms with E-state index in [2.05, 4.69) is 26.6 Å². The molecule has 138 valence electrons. The fraction of sp³-hybridized carbons (Fsp3) is 0.235. The molecule has 0 saturated carbocycles. The molecular formula is C17H17BrN2O6. The third-order valence-electron chi connectivity index (χ3n) is 3.09. The van der Waals surface area contributed by atoms with Crippen LogP contribution in [0.3, 0.4) is 0 Å². The lowest BCUT2D eigenvalue weighted by molar-refractivity contribution is -0.156. The molecular weight excluding hydrogens is 408 g/mol. The molecule has 0 fully saturated rings. The summed E-state index contributed by atoms with van der Waals surface area (Å²) in [5, 5.41) is 4.52. The van der Waals surface area contributed by atoms with Crippen molar-refractivity contribution >= 4 is 33.8 Å². The summed E-state index contributed by atoms with van der Waals surface area (Å²) in [5.74, 6) is -0.456. The summed E-state index contributed by atoms with van der Waals surface area (Å²) in [6.45, 7) is 1.12. The zero-order valence-electron chi connectivity index (χ0n) is 13.9. The molecule has 0 radical (unpaired) electrons. The molecule has 8 nitrogen and oxygen atoms in total. The van der Waals surface area contributed by atoms with E-state index in [-0.39, 0.29) is 13.2 Å². The van der Waals surface area contributed by atoms with Gasteiger partial charge < -0.3 is 19.2 Å². The van der Waals surface area contributed by atoms with Crippen LogP contribution in [0.25, 0.3) is 0 Å². The van der Waals surface area contributed by atoms with Gasteiger partial charge in [-0.05, 0) is 43.3 Å². The fourth-order valence-corrected chi connectivity index (χ4v) is 2.06. The Labute approximate surface area is 158 Å². The van der Waals surface area contributed by atoms with Gasteiger partial charge in [-0.2, -0.15) is 0 Å². The number of furan rings is 1. The lowest BCUT2D eigenvalue weighted by atomic mass is 10.3. The van der Waals surface area contributed by atoms with Gasteiger partial charge in [0.1, 0.15) is 11.5 Å². The van der Waals surface area contributed by atoms with Gasteiger partial charge in [0, 0.05) is 4.47 Å². The van der Waals surface area contributed by atoms with Crippen LogP contribution in [0.1, 0.15) is 12.7 Å². The van der Waals surface area contributed by atoms with Gasteiger partial charge in [-0.15, -0.1) is 0 Å². The number of carbonyl (C=O) groups excluding carboxylic acids is 3. The lowest BCUT2D eigenvalue weighted by Gasteiger charge is -2.13. The molecule has 1 heterocycles. The smallest absolute Gasteiger partial charge is 0.344 e. The molecule has 1 unspecified atom stereocenters. The number of hydrogen-bond donors (Lipinski definition) is 2. The Hall–Kier alpha value is -2.81. The average molecular weight is 425 g/mol. The number of rotatable bonds is 7. The predicted molar refractivity (Wildman–Crippen MR) is 94.3 cm³/mol. The van der Waals surface area contributed by atoms with Crippen LogP contribution in [0.2, 0.25) is 0 Å². The van der Waals surface area contributed by atoms with E-state index in [1.54, 1.807) is 36.4 Å². The molecule has 0 saturated heterocycles. The molecule has 0 spiro atoms. The highest BCUT2D eigenvalue weighted by Crippen LogP contribution is 2.16. The van der Waals surface area contributed by atoms with Gasteiger partial charge in [0.25, 0.3) is 5.91 Å². The summed E-state index contributed by atoms with van der Waals surface area (Å²) >= 11 is 3.29. The Bertz CT molecular complexity index is 745. The number of amides is 3. The summed E-state index contributed by atoms with van der Waals surface area (Å²) < 4.78 is 16.1. The number of imide groups is 1. The van der Waals surface area contributed by atoms with Crippen molar-refractivity contribution in [2.45, 2.75) is 19.6 Å². The Balaban J connectivity index is 1.68. The first-order valence-corrected chi connectivity index (χ1v) is 8.42. The number of halogens is 1. The number of nitrogens with one attached hydrogen (secondary N) is 2. The van der Waals surface area contributed by atoms with E-state index >= 15 is 0 Å². The van der Waals surface area contributed by atoms with Crippen LogP contribution >= 0.6 is 15.9 Å². The first kappa shape index (κ1) is 19.5. The van der Waals surface area contributed by atoms with Crippen molar-refractivity contribution < 1.29 is 28.3 Å². The maximum absolute atomic E-state index is 11.8. The highest BCUT2D eigenvalue weighted by atomic mass is 79.9. The van der Waals surface area contributed by atoms with Crippen molar-refractivity contribution in [3.8, 4) is 5.75 Å². The first-order chi connectivity index (χ1) is 12.4. The van der Waals surface area contributed by atoms with Crippen LogP contribution in [0.5, 0.6) is 5.75 Å². The number of ether oxygens (including phenoxy) is 2. The van der Waals surface area contributed by atoms with Gasteiger partial charge in [-0.3, -0.25) is 10.1 Å². The van der Waals surface area contributed by atoms with Gasteiger partial charge in [0.05, 0.1) is 12.8 Å². The van der Waals surface area contributed by atoms with E-state index in [4.69, 9.17) is 13.9 Å². The molecule has 2 N–H and O–H groups in total. The molecule has 0 bridgehead atoms. The van der Waals surface area contributed by atoms with Crippen molar-refractivity contribution in [3.05, 3.63) is 52.9 Å². The van der Waals surface area contributed by atoms with Crippen LogP contribution in [-0.2, 0) is 20.9 Å². The van der Waals surface area contributed by atoms with Gasteiger partial charge in [-0.1, -0.05) is 15.9 Å². The van der Waals surface area contributed by atoms with Crippen LogP contribution in [-0.4, -0.2) is 30.6 Å². The Kier molecular flexibility index (Phi) is 7.22. The van der Waals surface area contributed by atoms with Crippen LogP contribution < -0.4 is 15.4 Å². The van der Waals surface area contributed by atoms with E-state index in [0.717, 1.165) is 4.47 Å². The molecule has 3 amide bonds. The summed E-state index contributed by atoms with van der Waals surface area (Å²) in [6.07, 6.45) is 0.322. The monoisotopic (exact) mass is 424 g/mol. The molecule has 0 aliphatic rings. The van der Waals surface area contributed by atoms with Gasteiger partial charge in [0.2, 0.25) is 0 Å². The number of carbonyl (C=O) groups is 3. The van der Waals surface area contributed by atoms with E-state index < -0.39 is 24.0 Å². The fourth-order valence-electron chi connectivity index (χ4n) is 1.80. The number of benzene rings is 1. The van der Waals surface area contributed by atoms with Crippen molar-refractivity contribution in [1.29, 1.82) is 0 Å². The standard InChI is InChI=1S/C17H17BrN2O6/c1-11(16(22)20-17(23)19-9-14-3-2-8-24-14)26-15(21)10-25-13-6-4-12(18)5-7-13/h2-8,11H,9-10H2,1H3,(H2,19,20,22,23). The maximum Gasteiger partial charge on any atom is 0.344 e. The quantitative estimate of drug-likeness (QED) is 0.660. The maximum atomic E-state index is 11.8. The third-order valence-corrected chi connectivity index (χ3v) is 3.62. The Morgan fingerprint density at radius 3 is 2.58 bits per heavy atom. The van der Waals surface area contributed by atoms with Gasteiger partial charge >= 0.3 is 12.0 Å². The minimum Gasteiger partial charge on any atom is -0.482 e. The molecule has 1 atom stereocenters. The molecule has 0 aliphatic carbocycles. The van der Waals surface area contributed by atoms with Gasteiger partial charge in [0.15, 0.2) is 12.7 Å². The zero-order chi connectivity index (χ0) is 18.9. The SMILES string of the molecule is CC(OC(=O)COc1ccc(Br)cc1)C(=O)NC(=O)NCc1ccco1. The van der Waals surface area contributed by atoms with Crippen LogP contribution in [0.4, 0.5) is 4.79 Å². The molecule has 1 aromatic carbocycles. The Morgan fingerprint density at radius 1 is 1.19 bits per heavy atom. The highest BCUT2D eigenvalue weighted by molar-refractivity contribution is 9.10. The van der Waals surface area contributed by atoms with E-state index in [9.17, 15) is 14.4 Å². The molecule has 9 heteroatoms. The van der Waals surface area contributed by atoms with E-state index in [1.807, 2.05) is 0 Å². The second-order valence-electron chi connectivity index (χ2n) is 5.13. The average Bonchev–Trinajstić information content (AvgIpc) is 3.13. The molecule has 0 aliphatic heterocycles. The van der Waals surface area contributed by atoms with Crippen LogP contribution in [0, 0.1) is 0 Å². The first-order valence-electron chi connectivity index (χ1n) is 7.63. The molecule has 2 rings (SSSR count). The minimum atomic E-state index is -1.15. The number of esters is 1. The van der Waals surface area contributed by atoms with E-state index in [0.29, 0.717) is 11.5 Å². The normalized spacial score (nSPS) is 11.3. The summed E-state index contributed by atoms with van der Waals surface area (Å²) in [5.41, 5.74) is 0. The topological polar surface area (TPSA) is 107 Å². The second-order valence-corrected chi connectivity index (χ2v) is 6.04. The number of hydrogen-bond acceptors (Lipinski definition) is 6. The molecule has 1 aromatic heterocycles. The van der Waals surface area contributed by atoms with Gasteiger partial charge in [-0.25, -0.2) is 9.59 Å². The Morgan fingerprint density at radius 2 is 1.92 bits per heavy atom. The van der Waals surface area contributed by atoms with Crippen molar-refractivity contribution in [3.63, 3.8) is 0 Å². The van der Waals surface area contributed by atoms with Crippen molar-refractivity contribution in [2.75, 3.05) is 6.61 Å². The predicted octanol–water partition coefficient (Wildman–Crippen LogP) is 2.38. The minimum absolute atomic E-state index is 0.126. The van der Waals surface area contributed by atoms with E-state index in [1.165, 1.54) is 13.2 Å². The zero-order valence-corrected chi connectivity index (χ0v) is 15.4. The summed E-state index contributed by atoms with van der Waals surface area (Å²) in [6, 6.07) is 9.51. The third kappa shape index (κ3) is 6.60. The highest BCUT2D eigenvalue weighted by Gasteiger charge is 2.20. The number of urea groups is 1. The second kappa shape index (κ2) is 9.62. The molecule has 2 aromatic rings. The van der Waals surface area contributed by atoms with Crippen molar-refractivity contribution in [1.82, 2.24) is 10.6 Å². The largest absolute Gasteiger partial charge is 0.482 e. The summed E-state index contributed by atoms with van der Waals surface area (Å²) in [4.78, 5) is 35.2. The van der Waals surface area contributed by atoms with Crippen LogP contribution in [0.15, 0.2) is 51.6 Å². The van der Waals surface area contributed by atoms with Crippen molar-refractivity contribution in [2.24, 2.45) is 0 Å². The lowest BCUT2D eigenvalue weighted by Crippen LogP contribution is -2.44. The molecule has 26 heavy (non-hydrogen) atoms.